The van der Waals surface area contributed by atoms with Gasteiger partial charge in [-0.25, -0.2) is 0 Å². The van der Waals surface area contributed by atoms with Crippen LogP contribution in [0.5, 0.6) is 0 Å². The largest absolute Gasteiger partial charge is 0.398 e. The van der Waals surface area contributed by atoms with E-state index in [1.807, 2.05) is 40.2 Å². The highest BCUT2D eigenvalue weighted by atomic mass is 16.2. The minimum absolute atomic E-state index is 0.00403. The number of hydrogen-bond acceptors (Lipinski definition) is 3. The molecular formula is C14H23N3O. The zero-order valence-electron chi connectivity index (χ0n) is 11.7. The summed E-state index contributed by atoms with van der Waals surface area (Å²) in [4.78, 5) is 16.1. The molecule has 1 rings (SSSR count). The van der Waals surface area contributed by atoms with Gasteiger partial charge in [-0.05, 0) is 45.6 Å². The maximum Gasteiger partial charge on any atom is 0.255 e. The van der Waals surface area contributed by atoms with Crippen molar-refractivity contribution in [2.75, 3.05) is 40.0 Å². The summed E-state index contributed by atoms with van der Waals surface area (Å²) >= 11 is 0. The summed E-state index contributed by atoms with van der Waals surface area (Å²) in [6, 6.07) is 5.55. The van der Waals surface area contributed by atoms with Crippen molar-refractivity contribution in [2.45, 2.75) is 13.3 Å². The molecule has 100 valence electrons. The molecule has 0 bridgehead atoms. The number of carbonyl (C=O) groups is 1. The second-order valence-electron chi connectivity index (χ2n) is 4.92. The van der Waals surface area contributed by atoms with Gasteiger partial charge in [0.05, 0.1) is 5.56 Å². The Bertz CT molecular complexity index is 395. The van der Waals surface area contributed by atoms with Crippen LogP contribution in [0.1, 0.15) is 22.3 Å². The molecule has 0 aromatic heterocycles. The fourth-order valence-electron chi connectivity index (χ4n) is 1.90. The molecule has 4 heteroatoms. The maximum absolute atomic E-state index is 12.3. The van der Waals surface area contributed by atoms with Crippen molar-refractivity contribution in [2.24, 2.45) is 0 Å². The van der Waals surface area contributed by atoms with Gasteiger partial charge in [-0.2, -0.15) is 0 Å². The van der Waals surface area contributed by atoms with Gasteiger partial charge in [-0.1, -0.05) is 12.1 Å². The van der Waals surface area contributed by atoms with Crippen LogP contribution in [0.3, 0.4) is 0 Å². The summed E-state index contributed by atoms with van der Waals surface area (Å²) in [5.74, 6) is 0.00403. The van der Waals surface area contributed by atoms with E-state index in [9.17, 15) is 4.79 Å². The lowest BCUT2D eigenvalue weighted by Crippen LogP contribution is -2.30. The predicted molar refractivity (Wildman–Crippen MR) is 75.7 cm³/mol. The first-order valence-corrected chi connectivity index (χ1v) is 6.18. The molecule has 0 atom stereocenters. The number of benzene rings is 1. The smallest absolute Gasteiger partial charge is 0.255 e. The summed E-state index contributed by atoms with van der Waals surface area (Å²) in [6.45, 7) is 3.63. The lowest BCUT2D eigenvalue weighted by atomic mass is 10.1. The van der Waals surface area contributed by atoms with Crippen LogP contribution in [0.4, 0.5) is 5.69 Å². The summed E-state index contributed by atoms with van der Waals surface area (Å²) in [7, 11) is 5.88. The zero-order chi connectivity index (χ0) is 13.7. The molecule has 0 aliphatic carbocycles. The van der Waals surface area contributed by atoms with E-state index in [-0.39, 0.29) is 5.91 Å². The summed E-state index contributed by atoms with van der Waals surface area (Å²) in [5, 5.41) is 0. The van der Waals surface area contributed by atoms with Crippen molar-refractivity contribution >= 4 is 11.6 Å². The predicted octanol–water partition coefficient (Wildman–Crippen LogP) is 1.60. The molecule has 0 aliphatic heterocycles. The van der Waals surface area contributed by atoms with Crippen LogP contribution in [0.2, 0.25) is 0 Å². The minimum Gasteiger partial charge on any atom is -0.398 e. The van der Waals surface area contributed by atoms with Gasteiger partial charge in [-0.15, -0.1) is 0 Å². The Morgan fingerprint density at radius 3 is 2.44 bits per heavy atom. The van der Waals surface area contributed by atoms with E-state index < -0.39 is 0 Å². The molecule has 0 aliphatic rings. The van der Waals surface area contributed by atoms with Crippen LogP contribution in [-0.4, -0.2) is 49.9 Å². The number of nitrogen functional groups attached to an aromatic ring is 1. The first-order chi connectivity index (χ1) is 8.43. The number of nitrogens with two attached hydrogens (primary N) is 1. The average Bonchev–Trinajstić information content (AvgIpc) is 2.27. The molecule has 0 saturated heterocycles. The van der Waals surface area contributed by atoms with Crippen molar-refractivity contribution in [3.63, 3.8) is 0 Å². The van der Waals surface area contributed by atoms with Crippen LogP contribution in [0.25, 0.3) is 0 Å². The third kappa shape index (κ3) is 3.74. The third-order valence-corrected chi connectivity index (χ3v) is 2.96. The summed E-state index contributed by atoms with van der Waals surface area (Å²) in [5.41, 5.74) is 8.00. The summed E-state index contributed by atoms with van der Waals surface area (Å²) in [6.07, 6.45) is 0.959. The van der Waals surface area contributed by atoms with Crippen LogP contribution >= 0.6 is 0 Å². The Morgan fingerprint density at radius 1 is 1.22 bits per heavy atom. The van der Waals surface area contributed by atoms with Crippen LogP contribution in [0.15, 0.2) is 18.2 Å². The number of aryl methyl sites for hydroxylation is 1. The molecule has 0 unspecified atom stereocenters. The first kappa shape index (κ1) is 14.5. The standard InChI is InChI=1S/C14H23N3O/c1-11-7-5-8-12(15)13(11)14(18)17(4)10-6-9-16(2)3/h5,7-8H,6,9-10,15H2,1-4H3. The van der Waals surface area contributed by atoms with Crippen molar-refractivity contribution in [3.05, 3.63) is 29.3 Å². The second-order valence-corrected chi connectivity index (χ2v) is 4.92. The van der Waals surface area contributed by atoms with Gasteiger partial charge in [-0.3, -0.25) is 4.79 Å². The van der Waals surface area contributed by atoms with Crippen LogP contribution in [-0.2, 0) is 0 Å². The second kappa shape index (κ2) is 6.40. The Kier molecular flexibility index (Phi) is 5.16. The highest BCUT2D eigenvalue weighted by Crippen LogP contribution is 2.18. The molecule has 0 saturated carbocycles. The molecule has 1 aromatic carbocycles. The van der Waals surface area contributed by atoms with E-state index in [1.54, 1.807) is 11.0 Å². The Hall–Kier alpha value is -1.55. The molecule has 18 heavy (non-hydrogen) atoms. The Morgan fingerprint density at radius 2 is 1.89 bits per heavy atom. The molecule has 2 N–H and O–H groups in total. The highest BCUT2D eigenvalue weighted by molar-refractivity contribution is 6.00. The molecule has 4 nitrogen and oxygen atoms in total. The number of nitrogens with zero attached hydrogens (tertiary/aromatic N) is 2. The van der Waals surface area contributed by atoms with Gasteiger partial charge in [0.15, 0.2) is 0 Å². The van der Waals surface area contributed by atoms with Gasteiger partial charge in [0.25, 0.3) is 5.91 Å². The van der Waals surface area contributed by atoms with Gasteiger partial charge < -0.3 is 15.5 Å². The van der Waals surface area contributed by atoms with Crippen LogP contribution < -0.4 is 5.73 Å². The SMILES string of the molecule is Cc1cccc(N)c1C(=O)N(C)CCCN(C)C. The van der Waals surface area contributed by atoms with Gasteiger partial charge in [0.2, 0.25) is 0 Å². The minimum atomic E-state index is 0.00403. The molecule has 1 aromatic rings. The van der Waals surface area contributed by atoms with Gasteiger partial charge in [0, 0.05) is 19.3 Å². The number of hydrogen-bond donors (Lipinski definition) is 1. The molecule has 0 spiro atoms. The summed E-state index contributed by atoms with van der Waals surface area (Å²) < 4.78 is 0. The van der Waals surface area contributed by atoms with E-state index in [0.717, 1.165) is 25.1 Å². The first-order valence-electron chi connectivity index (χ1n) is 6.18. The fourth-order valence-corrected chi connectivity index (χ4v) is 1.90. The number of rotatable bonds is 5. The molecule has 0 heterocycles. The van der Waals surface area contributed by atoms with Crippen molar-refractivity contribution < 1.29 is 4.79 Å². The van der Waals surface area contributed by atoms with Gasteiger partial charge in [0.1, 0.15) is 0 Å². The van der Waals surface area contributed by atoms with Crippen molar-refractivity contribution in [3.8, 4) is 0 Å². The average molecular weight is 249 g/mol. The van der Waals surface area contributed by atoms with Crippen molar-refractivity contribution in [1.29, 1.82) is 0 Å². The maximum atomic E-state index is 12.3. The normalized spacial score (nSPS) is 10.7. The Balaban J connectivity index is 2.69. The third-order valence-electron chi connectivity index (χ3n) is 2.96. The number of carbonyl (C=O) groups excluding carboxylic acids is 1. The fraction of sp³-hybridized carbons (Fsp3) is 0.500. The van der Waals surface area contributed by atoms with E-state index in [0.29, 0.717) is 11.3 Å². The van der Waals surface area contributed by atoms with Crippen molar-refractivity contribution in [1.82, 2.24) is 9.80 Å². The van der Waals surface area contributed by atoms with Gasteiger partial charge >= 0.3 is 0 Å². The molecular weight excluding hydrogens is 226 g/mol. The highest BCUT2D eigenvalue weighted by Gasteiger charge is 2.16. The Labute approximate surface area is 109 Å². The van der Waals surface area contributed by atoms with E-state index in [2.05, 4.69) is 4.90 Å². The number of amides is 1. The topological polar surface area (TPSA) is 49.6 Å². The lowest BCUT2D eigenvalue weighted by Gasteiger charge is -2.20. The quantitative estimate of drug-likeness (QED) is 0.806. The molecule has 0 radical (unpaired) electrons. The van der Waals surface area contributed by atoms with E-state index in [1.165, 1.54) is 0 Å². The lowest BCUT2D eigenvalue weighted by molar-refractivity contribution is 0.0791. The molecule has 1 amide bonds. The molecule has 0 fully saturated rings. The zero-order valence-corrected chi connectivity index (χ0v) is 11.7. The van der Waals surface area contributed by atoms with Crippen LogP contribution in [0, 0.1) is 6.92 Å². The van der Waals surface area contributed by atoms with E-state index >= 15 is 0 Å². The number of anilines is 1. The monoisotopic (exact) mass is 249 g/mol. The van der Waals surface area contributed by atoms with E-state index in [4.69, 9.17) is 5.73 Å².